The Kier molecular flexibility index (Phi) is 6.84. The zero-order valence-electron chi connectivity index (χ0n) is 7.29. The van der Waals surface area contributed by atoms with Crippen LogP contribution in [0.4, 0.5) is 11.4 Å². The van der Waals surface area contributed by atoms with Crippen molar-refractivity contribution in [1.82, 2.24) is 0 Å². The topological polar surface area (TPSA) is 82.6 Å². The minimum atomic E-state index is -2.86. The summed E-state index contributed by atoms with van der Waals surface area (Å²) in [6.45, 7) is 0.610. The van der Waals surface area contributed by atoms with Crippen LogP contribution >= 0.6 is 0 Å². The maximum atomic E-state index is 8.56. The molecule has 0 atom stereocenters. The van der Waals surface area contributed by atoms with Crippen LogP contribution in [0.25, 0.3) is 10.6 Å². The molecule has 0 saturated heterocycles. The molecule has 0 fully saturated rings. The quantitative estimate of drug-likeness (QED) is 0.346. The Balaban J connectivity index is 0.000000299. The zero-order valence-corrected chi connectivity index (χ0v) is 12.1. The first-order chi connectivity index (χ1) is 6.20. The third-order valence-electron chi connectivity index (χ3n) is 1.36. The molecule has 0 unspecified atom stereocenters. The van der Waals surface area contributed by atoms with Crippen LogP contribution in [0.1, 0.15) is 0 Å². The number of para-hydroxylation sites is 2. The molecule has 0 amide bonds. The standard InChI is InChI=1S/C7H6N2.Cd.HO3S/c1-2-4-7-6(3-1)8-5-9-7;;1-4(2)3/h1-4H,5H2;;(H,1,2,3)/q-2;;-1. The van der Waals surface area contributed by atoms with Crippen molar-refractivity contribution in [1.29, 1.82) is 0 Å². The summed E-state index contributed by atoms with van der Waals surface area (Å²) < 4.78 is 24.1. The van der Waals surface area contributed by atoms with Gasteiger partial charge in [-0.3, -0.25) is 0 Å². The number of hydrogen-bond donors (Lipinski definition) is 1. The summed E-state index contributed by atoms with van der Waals surface area (Å²) in [6, 6.07) is 7.91. The van der Waals surface area contributed by atoms with Crippen LogP contribution in [-0.2, 0) is 46.7 Å². The summed E-state index contributed by atoms with van der Waals surface area (Å²) in [5.41, 5.74) is 2.05. The van der Waals surface area contributed by atoms with Gasteiger partial charge in [-0.2, -0.15) is 11.4 Å². The molecule has 0 saturated carbocycles. The molecule has 7 heteroatoms. The Morgan fingerprint density at radius 2 is 1.50 bits per heavy atom. The normalized spacial score (nSPS) is 11.3. The van der Waals surface area contributed by atoms with Crippen LogP contribution in [0.15, 0.2) is 24.3 Å². The van der Waals surface area contributed by atoms with Crippen molar-refractivity contribution in [2.75, 3.05) is 6.67 Å². The van der Waals surface area contributed by atoms with E-state index in [9.17, 15) is 0 Å². The predicted octanol–water partition coefficient (Wildman–Crippen LogP) is 2.43. The molecule has 0 aromatic heterocycles. The fourth-order valence-electron chi connectivity index (χ4n) is 0.919. The minimum Gasteiger partial charge on any atom is -0.700 e. The molecule has 2 rings (SSSR count). The fourth-order valence-corrected chi connectivity index (χ4v) is 0.919. The van der Waals surface area contributed by atoms with Crippen LogP contribution < -0.4 is 0 Å². The van der Waals surface area contributed by atoms with Gasteiger partial charge in [0.05, 0.1) is 0 Å². The second-order valence-electron chi connectivity index (χ2n) is 2.16. The first-order valence-electron chi connectivity index (χ1n) is 3.42. The van der Waals surface area contributed by atoms with Crippen molar-refractivity contribution in [3.8, 4) is 0 Å². The Bertz CT molecular complexity index is 326. The summed E-state index contributed by atoms with van der Waals surface area (Å²) >= 11 is 0. The number of rotatable bonds is 0. The molecule has 74 valence electrons. The first-order valence-corrected chi connectivity index (χ1v) is 4.45. The number of benzene rings is 1. The molecule has 1 aliphatic rings. The molecular formula is C7H7CdN2O3S-3. The molecule has 0 radical (unpaired) electrons. The van der Waals surface area contributed by atoms with E-state index in [0.29, 0.717) is 6.67 Å². The molecule has 1 aliphatic heterocycles. The molecule has 1 aromatic carbocycles. The molecule has 0 bridgehead atoms. The van der Waals surface area contributed by atoms with E-state index in [1.54, 1.807) is 0 Å². The summed E-state index contributed by atoms with van der Waals surface area (Å²) in [5, 5.41) is 8.27. The minimum absolute atomic E-state index is 0. The zero-order chi connectivity index (χ0) is 9.68. The van der Waals surface area contributed by atoms with Crippen LogP contribution in [0.2, 0.25) is 0 Å². The van der Waals surface area contributed by atoms with Gasteiger partial charge in [-0.1, -0.05) is 24.3 Å². The van der Waals surface area contributed by atoms with Crippen molar-refractivity contribution in [2.24, 2.45) is 0 Å². The monoisotopic (exact) mass is 313 g/mol. The Morgan fingerprint density at radius 3 is 1.86 bits per heavy atom. The van der Waals surface area contributed by atoms with Crippen LogP contribution in [0.5, 0.6) is 0 Å². The van der Waals surface area contributed by atoms with Gasteiger partial charge in [0.1, 0.15) is 0 Å². The molecule has 1 N–H and O–H groups in total. The van der Waals surface area contributed by atoms with Gasteiger partial charge in [0.2, 0.25) is 0 Å². The van der Waals surface area contributed by atoms with Crippen LogP contribution in [0.3, 0.4) is 0 Å². The molecular weight excluding hydrogens is 305 g/mol. The van der Waals surface area contributed by atoms with Crippen molar-refractivity contribution in [3.05, 3.63) is 34.9 Å². The van der Waals surface area contributed by atoms with Crippen molar-refractivity contribution >= 4 is 22.4 Å². The Hall–Kier alpha value is -0.348. The van der Waals surface area contributed by atoms with Gasteiger partial charge >= 0.3 is 0 Å². The second-order valence-corrected chi connectivity index (χ2v) is 2.60. The van der Waals surface area contributed by atoms with E-state index in [2.05, 4.69) is 10.6 Å². The summed E-state index contributed by atoms with van der Waals surface area (Å²) in [4.78, 5) is 0. The third kappa shape index (κ3) is 4.77. The number of hydrogen-bond acceptors (Lipinski definition) is 3. The van der Waals surface area contributed by atoms with E-state index in [0.717, 1.165) is 11.4 Å². The fraction of sp³-hybridized carbons (Fsp3) is 0.143. The SMILES string of the molecule is O=[S-](=O)O.[Cd].c1ccc2c(c1)[N-]C[N-]2. The average Bonchev–Trinajstić information content (AvgIpc) is 2.49. The smallest absolute Gasteiger partial charge is 0.0495 e. The van der Waals surface area contributed by atoms with E-state index < -0.39 is 11.0 Å². The summed E-state index contributed by atoms with van der Waals surface area (Å²) in [6.07, 6.45) is 0. The Morgan fingerprint density at radius 1 is 1.14 bits per heavy atom. The van der Waals surface area contributed by atoms with Crippen molar-refractivity contribution in [3.63, 3.8) is 0 Å². The molecule has 1 heterocycles. The van der Waals surface area contributed by atoms with Gasteiger partial charge in [-0.15, -0.1) is 0 Å². The largest absolute Gasteiger partial charge is 0.700 e. The molecule has 0 spiro atoms. The van der Waals surface area contributed by atoms with Gasteiger partial charge in [-0.25, -0.2) is 6.67 Å². The van der Waals surface area contributed by atoms with Gasteiger partial charge in [0.25, 0.3) is 0 Å². The van der Waals surface area contributed by atoms with Crippen molar-refractivity contribution in [2.45, 2.75) is 0 Å². The van der Waals surface area contributed by atoms with Crippen LogP contribution in [0, 0.1) is 0 Å². The van der Waals surface area contributed by atoms with E-state index in [1.807, 2.05) is 24.3 Å². The van der Waals surface area contributed by atoms with E-state index in [1.165, 1.54) is 0 Å². The van der Waals surface area contributed by atoms with Crippen LogP contribution in [-0.4, -0.2) is 11.2 Å². The maximum absolute atomic E-state index is 8.56. The predicted molar refractivity (Wildman–Crippen MR) is 48.7 cm³/mol. The second kappa shape index (κ2) is 7.01. The number of fused-ring (bicyclic) bond motifs is 1. The molecule has 14 heavy (non-hydrogen) atoms. The molecule has 5 nitrogen and oxygen atoms in total. The van der Waals surface area contributed by atoms with Gasteiger partial charge in [0.15, 0.2) is 0 Å². The summed E-state index contributed by atoms with van der Waals surface area (Å²) in [7, 11) is -2.86. The third-order valence-corrected chi connectivity index (χ3v) is 1.36. The maximum Gasteiger partial charge on any atom is 0.0495 e. The van der Waals surface area contributed by atoms with E-state index >= 15 is 0 Å². The number of nitrogens with zero attached hydrogens (tertiary/aromatic N) is 2. The van der Waals surface area contributed by atoms with Gasteiger partial charge in [-0.05, 0) is 0 Å². The summed E-state index contributed by atoms with van der Waals surface area (Å²) in [5.74, 6) is 0. The first kappa shape index (κ1) is 13.7. The Labute approximate surface area is 104 Å². The van der Waals surface area contributed by atoms with Gasteiger partial charge < -0.3 is 23.6 Å². The van der Waals surface area contributed by atoms with Crippen molar-refractivity contribution < 1.29 is 40.3 Å². The van der Waals surface area contributed by atoms with E-state index in [4.69, 9.17) is 13.0 Å². The average molecular weight is 312 g/mol. The van der Waals surface area contributed by atoms with Gasteiger partial charge in [0, 0.05) is 38.3 Å². The molecule has 0 aliphatic carbocycles. The molecule has 1 aromatic rings. The van der Waals surface area contributed by atoms with E-state index in [-0.39, 0.29) is 27.3 Å².